The van der Waals surface area contributed by atoms with Crippen molar-refractivity contribution in [2.45, 2.75) is 118 Å². The Labute approximate surface area is 282 Å². The number of carbonyl (C=O) groups excluding carboxylic acids is 6. The Hall–Kier alpha value is -4.10. The van der Waals surface area contributed by atoms with Crippen LogP contribution in [0.5, 0.6) is 0 Å². The molecule has 0 radical (unpaired) electrons. The van der Waals surface area contributed by atoms with E-state index in [4.69, 9.17) is 10.5 Å². The van der Waals surface area contributed by atoms with Gasteiger partial charge in [0.05, 0.1) is 6.04 Å². The first-order valence-electron chi connectivity index (χ1n) is 16.5. The maximum Gasteiger partial charge on any atom is 0.325 e. The molecule has 2 aliphatic rings. The highest BCUT2D eigenvalue weighted by molar-refractivity contribution is 6.37. The second kappa shape index (κ2) is 19.7. The monoisotopic (exact) mass is 681 g/mol. The van der Waals surface area contributed by atoms with Gasteiger partial charge in [0.2, 0.25) is 17.6 Å². The summed E-state index contributed by atoms with van der Waals surface area (Å²) in [7, 11) is 0. The van der Waals surface area contributed by atoms with Gasteiger partial charge in [-0.1, -0.05) is 91.6 Å². The fourth-order valence-corrected chi connectivity index (χ4v) is 4.72. The Balaban J connectivity index is 0.00000178. The van der Waals surface area contributed by atoms with E-state index in [0.717, 1.165) is 5.56 Å². The number of benzene rings is 1. The maximum atomic E-state index is 13.6. The van der Waals surface area contributed by atoms with Crippen LogP contribution in [0.4, 0.5) is 13.6 Å². The van der Waals surface area contributed by atoms with Gasteiger partial charge in [0.1, 0.15) is 25.2 Å². The number of nitrogens with two attached hydrogens (primary N) is 1. The van der Waals surface area contributed by atoms with Gasteiger partial charge in [0, 0.05) is 18.9 Å². The van der Waals surface area contributed by atoms with Crippen molar-refractivity contribution in [3.63, 3.8) is 0 Å². The van der Waals surface area contributed by atoms with E-state index < -0.39 is 90.3 Å². The van der Waals surface area contributed by atoms with Crippen molar-refractivity contribution in [2.75, 3.05) is 13.1 Å². The van der Waals surface area contributed by atoms with Gasteiger partial charge < -0.3 is 31.3 Å². The molecule has 0 aromatic heterocycles. The second-order valence-electron chi connectivity index (χ2n) is 13.1. The number of hydrogen-bond acceptors (Lipinski definition) is 7. The number of amides is 5. The Kier molecular flexibility index (Phi) is 17.2. The SMILES string of the molecule is CC(C)(C)C(NC(=O)NCC(=O)OCc1ccccc1)C(=O)N1CCCC1C(=O)NC(CC1CC1(F)F)C(=O)C(N)=O.CCC.CCC. The average Bonchev–Trinajstić information content (AvgIpc) is 3.36. The summed E-state index contributed by atoms with van der Waals surface area (Å²) in [6.45, 7) is 13.3. The molecule has 48 heavy (non-hydrogen) atoms. The van der Waals surface area contributed by atoms with E-state index in [0.29, 0.717) is 6.42 Å². The van der Waals surface area contributed by atoms with Gasteiger partial charge >= 0.3 is 12.0 Å². The molecule has 5 N–H and O–H groups in total. The average molecular weight is 682 g/mol. The molecule has 14 heteroatoms. The number of likely N-dealkylation sites (tertiary alicyclic amines) is 1. The molecule has 1 heterocycles. The third-order valence-corrected chi connectivity index (χ3v) is 7.21. The molecule has 1 saturated carbocycles. The normalized spacial score (nSPS) is 18.7. The van der Waals surface area contributed by atoms with Crippen molar-refractivity contribution < 1.29 is 42.3 Å². The van der Waals surface area contributed by atoms with Gasteiger partial charge in [0.25, 0.3) is 11.8 Å². The molecule has 5 amide bonds. The minimum absolute atomic E-state index is 0.0272. The summed E-state index contributed by atoms with van der Waals surface area (Å²) < 4.78 is 32.1. The van der Waals surface area contributed by atoms with Crippen LogP contribution in [-0.4, -0.2) is 77.5 Å². The van der Waals surface area contributed by atoms with E-state index in [9.17, 15) is 37.5 Å². The molecule has 1 aromatic rings. The highest BCUT2D eigenvalue weighted by Crippen LogP contribution is 2.51. The standard InChI is InChI=1S/C28H37F2N5O7.2C3H8/c1-27(2,3)22(34-26(41)32-14-20(36)42-15-16-8-5-4-6-9-16)25(40)35-11-7-10-19(35)24(39)33-18(21(37)23(31)38)12-17-13-28(17,29)30;2*1-3-2/h4-6,8-9,17-19,22H,7,10-15H2,1-3H3,(H2,31,38)(H,33,39)(H2,32,34,41);2*3H2,1-2H3. The molecular weight excluding hydrogens is 628 g/mol. The number of hydrogen-bond donors (Lipinski definition) is 4. The zero-order valence-corrected chi connectivity index (χ0v) is 29.2. The molecule has 1 aromatic carbocycles. The number of urea groups is 1. The first kappa shape index (κ1) is 41.9. The fraction of sp³-hybridized carbons (Fsp3) is 0.647. The molecule has 4 atom stereocenters. The number of primary amides is 1. The van der Waals surface area contributed by atoms with Crippen LogP contribution in [0.1, 0.15) is 92.6 Å². The van der Waals surface area contributed by atoms with Crippen molar-refractivity contribution >= 4 is 35.5 Å². The molecule has 0 spiro atoms. The van der Waals surface area contributed by atoms with E-state index in [1.54, 1.807) is 45.0 Å². The number of rotatable bonds is 12. The third kappa shape index (κ3) is 13.9. The van der Waals surface area contributed by atoms with Crippen LogP contribution >= 0.6 is 0 Å². The second-order valence-corrected chi connectivity index (χ2v) is 13.1. The maximum absolute atomic E-state index is 13.6. The number of Topliss-reactive ketones (excluding diaryl/α,β-unsaturated/α-hetero) is 1. The van der Waals surface area contributed by atoms with Gasteiger partial charge in [-0.05, 0) is 30.2 Å². The van der Waals surface area contributed by atoms with Gasteiger partial charge in [0.15, 0.2) is 0 Å². The fourth-order valence-electron chi connectivity index (χ4n) is 4.72. The predicted molar refractivity (Wildman–Crippen MR) is 176 cm³/mol. The molecule has 12 nitrogen and oxygen atoms in total. The number of ketones is 1. The van der Waals surface area contributed by atoms with E-state index in [1.807, 2.05) is 6.07 Å². The van der Waals surface area contributed by atoms with E-state index >= 15 is 0 Å². The van der Waals surface area contributed by atoms with Crippen molar-refractivity contribution in [1.29, 1.82) is 0 Å². The molecular formula is C34H53F2N5O7. The number of halogens is 2. The summed E-state index contributed by atoms with van der Waals surface area (Å²) in [5.74, 6) is -8.79. The van der Waals surface area contributed by atoms with Crippen molar-refractivity contribution in [1.82, 2.24) is 20.9 Å². The number of ether oxygens (including phenoxy) is 1. The molecule has 1 saturated heterocycles. The first-order chi connectivity index (χ1) is 22.4. The molecule has 0 bridgehead atoms. The molecule has 4 unspecified atom stereocenters. The third-order valence-electron chi connectivity index (χ3n) is 7.21. The van der Waals surface area contributed by atoms with Gasteiger partial charge in [-0.25, -0.2) is 13.6 Å². The van der Waals surface area contributed by atoms with Crippen LogP contribution in [0.15, 0.2) is 30.3 Å². The number of alkyl halides is 2. The smallest absolute Gasteiger partial charge is 0.325 e. The molecule has 2 fully saturated rings. The van der Waals surface area contributed by atoms with Crippen LogP contribution < -0.4 is 21.7 Å². The van der Waals surface area contributed by atoms with Crippen LogP contribution in [0.2, 0.25) is 0 Å². The summed E-state index contributed by atoms with van der Waals surface area (Å²) >= 11 is 0. The van der Waals surface area contributed by atoms with Gasteiger partial charge in [-0.15, -0.1) is 0 Å². The van der Waals surface area contributed by atoms with E-state index in [-0.39, 0.29) is 19.6 Å². The van der Waals surface area contributed by atoms with E-state index in [1.165, 1.54) is 17.7 Å². The molecule has 1 aliphatic carbocycles. The van der Waals surface area contributed by atoms with E-state index in [2.05, 4.69) is 43.6 Å². The summed E-state index contributed by atoms with van der Waals surface area (Å²) in [6.07, 6.45) is 2.22. The molecule has 1 aliphatic heterocycles. The lowest BCUT2D eigenvalue weighted by atomic mass is 9.85. The summed E-state index contributed by atoms with van der Waals surface area (Å²) in [6, 6.07) is 4.42. The zero-order chi connectivity index (χ0) is 36.7. The first-order valence-corrected chi connectivity index (χ1v) is 16.5. The van der Waals surface area contributed by atoms with Gasteiger partial charge in [-0.3, -0.25) is 24.0 Å². The number of carbonyl (C=O) groups is 6. The van der Waals surface area contributed by atoms with Crippen molar-refractivity contribution in [3.8, 4) is 0 Å². The quantitative estimate of drug-likeness (QED) is 0.191. The molecule has 270 valence electrons. The number of nitrogens with one attached hydrogen (secondary N) is 3. The Morgan fingerprint density at radius 1 is 1.00 bits per heavy atom. The Morgan fingerprint density at radius 3 is 2.06 bits per heavy atom. The summed E-state index contributed by atoms with van der Waals surface area (Å²) in [5, 5.41) is 7.26. The lowest BCUT2D eigenvalue weighted by Crippen LogP contribution is -2.60. The van der Waals surface area contributed by atoms with Crippen LogP contribution in [-0.2, 0) is 35.3 Å². The van der Waals surface area contributed by atoms with Crippen LogP contribution in [0.3, 0.4) is 0 Å². The van der Waals surface area contributed by atoms with Gasteiger partial charge in [-0.2, -0.15) is 0 Å². The summed E-state index contributed by atoms with van der Waals surface area (Å²) in [4.78, 5) is 76.5. The number of esters is 1. The minimum atomic E-state index is -2.99. The number of nitrogens with zero attached hydrogens (tertiary/aromatic N) is 1. The summed E-state index contributed by atoms with van der Waals surface area (Å²) in [5.41, 5.74) is 5.01. The topological polar surface area (TPSA) is 177 Å². The molecule has 3 rings (SSSR count). The zero-order valence-electron chi connectivity index (χ0n) is 29.2. The lowest BCUT2D eigenvalue weighted by Gasteiger charge is -2.35. The predicted octanol–water partition coefficient (Wildman–Crippen LogP) is 3.85. The Bertz CT molecular complexity index is 1240. The van der Waals surface area contributed by atoms with Crippen molar-refractivity contribution in [3.05, 3.63) is 35.9 Å². The largest absolute Gasteiger partial charge is 0.460 e. The van der Waals surface area contributed by atoms with Crippen molar-refractivity contribution in [2.24, 2.45) is 17.1 Å². The van der Waals surface area contributed by atoms with Crippen LogP contribution in [0.25, 0.3) is 0 Å². The van der Waals surface area contributed by atoms with Crippen LogP contribution in [0, 0.1) is 11.3 Å². The minimum Gasteiger partial charge on any atom is -0.460 e. The lowest BCUT2D eigenvalue weighted by molar-refractivity contribution is -0.143. The highest BCUT2D eigenvalue weighted by Gasteiger charge is 2.58. The Morgan fingerprint density at radius 2 is 1.56 bits per heavy atom. The highest BCUT2D eigenvalue weighted by atomic mass is 19.3.